The van der Waals surface area contributed by atoms with Crippen LogP contribution in [0.5, 0.6) is 0 Å². The van der Waals surface area contributed by atoms with Crippen molar-refractivity contribution in [3.63, 3.8) is 0 Å². The molecule has 0 atom stereocenters. The Labute approximate surface area is 95.0 Å². The molecule has 0 aliphatic heterocycles. The number of rotatable bonds is 3. The van der Waals surface area contributed by atoms with E-state index in [1.165, 1.54) is 10.0 Å². The van der Waals surface area contributed by atoms with Crippen molar-refractivity contribution < 1.29 is 0 Å². The van der Waals surface area contributed by atoms with E-state index in [1.54, 1.807) is 0 Å². The first-order chi connectivity index (χ1) is 6.49. The molecule has 1 aromatic rings. The maximum absolute atomic E-state index is 3.55. The fraction of sp³-hybridized carbons (Fsp3) is 0.500. The van der Waals surface area contributed by atoms with Gasteiger partial charge >= 0.3 is 0 Å². The van der Waals surface area contributed by atoms with Gasteiger partial charge in [-0.2, -0.15) is 0 Å². The summed E-state index contributed by atoms with van der Waals surface area (Å²) in [6.07, 6.45) is 1.07. The summed E-state index contributed by atoms with van der Waals surface area (Å²) in [5, 5.41) is 3.48. The summed E-state index contributed by atoms with van der Waals surface area (Å²) < 4.78 is 1.20. The first kappa shape index (κ1) is 11.7. The Morgan fingerprint density at radius 3 is 2.43 bits per heavy atom. The summed E-state index contributed by atoms with van der Waals surface area (Å²) >= 11 is 3.55. The van der Waals surface area contributed by atoms with E-state index in [0.29, 0.717) is 0 Å². The zero-order valence-electron chi connectivity index (χ0n) is 9.10. The van der Waals surface area contributed by atoms with Gasteiger partial charge in [-0.15, -0.1) is 0 Å². The lowest BCUT2D eigenvalue weighted by molar-refractivity contribution is 0.429. The molecule has 1 aromatic carbocycles. The maximum atomic E-state index is 3.55. The lowest BCUT2D eigenvalue weighted by Gasteiger charge is -2.20. The molecule has 1 rings (SSSR count). The number of nitrogens with one attached hydrogen (secondary N) is 1. The van der Waals surface area contributed by atoms with E-state index in [2.05, 4.69) is 60.2 Å². The molecule has 0 saturated heterocycles. The highest BCUT2D eigenvalue weighted by molar-refractivity contribution is 9.10. The molecule has 0 bridgehead atoms. The average Bonchev–Trinajstić information content (AvgIpc) is 2.06. The van der Waals surface area contributed by atoms with Gasteiger partial charge in [0, 0.05) is 10.0 Å². The molecule has 1 N–H and O–H groups in total. The van der Waals surface area contributed by atoms with Gasteiger partial charge in [0.2, 0.25) is 0 Å². The fourth-order valence-corrected chi connectivity index (χ4v) is 1.76. The van der Waals surface area contributed by atoms with Gasteiger partial charge in [-0.25, -0.2) is 0 Å². The minimum absolute atomic E-state index is 0.210. The Balaban J connectivity index is 2.43. The molecule has 0 heterocycles. The second-order valence-electron chi connectivity index (χ2n) is 4.52. The van der Waals surface area contributed by atoms with Crippen LogP contribution in [-0.4, -0.2) is 12.1 Å². The van der Waals surface area contributed by atoms with Crippen LogP contribution in [-0.2, 0) is 6.42 Å². The fourth-order valence-electron chi connectivity index (χ4n) is 1.27. The Morgan fingerprint density at radius 2 is 1.86 bits per heavy atom. The van der Waals surface area contributed by atoms with Crippen molar-refractivity contribution >= 4 is 15.9 Å². The summed E-state index contributed by atoms with van der Waals surface area (Å²) in [5.74, 6) is 0. The molecule has 1 nitrogen and oxygen atoms in total. The molecule has 0 amide bonds. The normalized spacial score (nSPS) is 11.7. The molecule has 0 fully saturated rings. The second-order valence-corrected chi connectivity index (χ2v) is 5.37. The number of halogens is 1. The number of benzene rings is 1. The van der Waals surface area contributed by atoms with Crippen LogP contribution in [0.3, 0.4) is 0 Å². The van der Waals surface area contributed by atoms with Gasteiger partial charge in [0.15, 0.2) is 0 Å². The third-order valence-electron chi connectivity index (χ3n) is 2.01. The van der Waals surface area contributed by atoms with E-state index >= 15 is 0 Å². The Morgan fingerprint density at radius 1 is 1.21 bits per heavy atom. The van der Waals surface area contributed by atoms with Gasteiger partial charge in [0.25, 0.3) is 0 Å². The molecule has 0 radical (unpaired) electrons. The SMILES string of the molecule is CC(C)(C)NCCc1ccccc1Br. The lowest BCUT2D eigenvalue weighted by atomic mass is 10.1. The molecule has 78 valence electrons. The number of hydrogen-bond acceptors (Lipinski definition) is 1. The highest BCUT2D eigenvalue weighted by atomic mass is 79.9. The molecule has 14 heavy (non-hydrogen) atoms. The molecule has 0 aromatic heterocycles. The van der Waals surface area contributed by atoms with Gasteiger partial charge in [-0.3, -0.25) is 0 Å². The summed E-state index contributed by atoms with van der Waals surface area (Å²) in [7, 11) is 0. The van der Waals surface area contributed by atoms with Crippen LogP contribution < -0.4 is 5.32 Å². The molecule has 2 heteroatoms. The maximum Gasteiger partial charge on any atom is 0.0207 e. The van der Waals surface area contributed by atoms with Crippen LogP contribution in [0.4, 0.5) is 0 Å². The zero-order valence-corrected chi connectivity index (χ0v) is 10.7. The molecular weight excluding hydrogens is 238 g/mol. The van der Waals surface area contributed by atoms with Crippen LogP contribution in [0.15, 0.2) is 28.7 Å². The van der Waals surface area contributed by atoms with Crippen molar-refractivity contribution in [2.45, 2.75) is 32.7 Å². The molecule has 0 spiro atoms. The number of hydrogen-bond donors (Lipinski definition) is 1. The van der Waals surface area contributed by atoms with Gasteiger partial charge in [-0.05, 0) is 45.4 Å². The molecule has 0 aliphatic rings. The molecule has 0 unspecified atom stereocenters. The predicted octanol–water partition coefficient (Wildman–Crippen LogP) is 3.38. The van der Waals surface area contributed by atoms with Crippen molar-refractivity contribution in [3.05, 3.63) is 34.3 Å². The second kappa shape index (κ2) is 4.94. The van der Waals surface area contributed by atoms with Gasteiger partial charge in [0.1, 0.15) is 0 Å². The van der Waals surface area contributed by atoms with Crippen LogP contribution in [0.2, 0.25) is 0 Å². The van der Waals surface area contributed by atoms with E-state index in [9.17, 15) is 0 Å². The van der Waals surface area contributed by atoms with Crippen molar-refractivity contribution in [3.8, 4) is 0 Å². The molecule has 0 aliphatic carbocycles. The van der Waals surface area contributed by atoms with Crippen LogP contribution >= 0.6 is 15.9 Å². The van der Waals surface area contributed by atoms with E-state index in [0.717, 1.165) is 13.0 Å². The first-order valence-corrected chi connectivity index (χ1v) is 5.77. The molecular formula is C12H18BrN. The van der Waals surface area contributed by atoms with Crippen molar-refractivity contribution in [2.24, 2.45) is 0 Å². The third kappa shape index (κ3) is 4.25. The van der Waals surface area contributed by atoms with Crippen molar-refractivity contribution in [1.82, 2.24) is 5.32 Å². The highest BCUT2D eigenvalue weighted by Gasteiger charge is 2.07. The predicted molar refractivity (Wildman–Crippen MR) is 65.6 cm³/mol. The van der Waals surface area contributed by atoms with Crippen molar-refractivity contribution in [2.75, 3.05) is 6.54 Å². The van der Waals surface area contributed by atoms with Crippen LogP contribution in [0, 0.1) is 0 Å². The molecule has 0 saturated carbocycles. The average molecular weight is 256 g/mol. The standard InChI is InChI=1S/C12H18BrN/c1-12(2,3)14-9-8-10-6-4-5-7-11(10)13/h4-7,14H,8-9H2,1-3H3. The van der Waals surface area contributed by atoms with Gasteiger partial charge in [-0.1, -0.05) is 34.1 Å². The topological polar surface area (TPSA) is 12.0 Å². The highest BCUT2D eigenvalue weighted by Crippen LogP contribution is 2.16. The third-order valence-corrected chi connectivity index (χ3v) is 2.78. The zero-order chi connectivity index (χ0) is 10.6. The monoisotopic (exact) mass is 255 g/mol. The largest absolute Gasteiger partial charge is 0.312 e. The summed E-state index contributed by atoms with van der Waals surface area (Å²) in [5.41, 5.74) is 1.57. The van der Waals surface area contributed by atoms with E-state index in [-0.39, 0.29) is 5.54 Å². The van der Waals surface area contributed by atoms with Crippen LogP contribution in [0.1, 0.15) is 26.3 Å². The minimum atomic E-state index is 0.210. The summed E-state index contributed by atoms with van der Waals surface area (Å²) in [6.45, 7) is 7.58. The quantitative estimate of drug-likeness (QED) is 0.874. The Hall–Kier alpha value is -0.340. The van der Waals surface area contributed by atoms with Crippen molar-refractivity contribution in [1.29, 1.82) is 0 Å². The van der Waals surface area contributed by atoms with E-state index in [4.69, 9.17) is 0 Å². The van der Waals surface area contributed by atoms with Gasteiger partial charge < -0.3 is 5.32 Å². The smallest absolute Gasteiger partial charge is 0.0207 e. The van der Waals surface area contributed by atoms with E-state index < -0.39 is 0 Å². The summed E-state index contributed by atoms with van der Waals surface area (Å²) in [4.78, 5) is 0. The Bertz CT molecular complexity index is 289. The minimum Gasteiger partial charge on any atom is -0.312 e. The van der Waals surface area contributed by atoms with Crippen LogP contribution in [0.25, 0.3) is 0 Å². The van der Waals surface area contributed by atoms with E-state index in [1.807, 2.05) is 6.07 Å². The first-order valence-electron chi connectivity index (χ1n) is 4.97. The Kier molecular flexibility index (Phi) is 4.14. The van der Waals surface area contributed by atoms with Gasteiger partial charge in [0.05, 0.1) is 0 Å². The lowest BCUT2D eigenvalue weighted by Crippen LogP contribution is -2.37. The summed E-state index contributed by atoms with van der Waals surface area (Å²) in [6, 6.07) is 8.38.